The van der Waals surface area contributed by atoms with Crippen LogP contribution in [0.25, 0.3) is 0 Å². The van der Waals surface area contributed by atoms with E-state index in [4.69, 9.17) is 26.8 Å². The van der Waals surface area contributed by atoms with Gasteiger partial charge < -0.3 is 20.5 Å². The van der Waals surface area contributed by atoms with Crippen LogP contribution in [0.2, 0.25) is 5.02 Å². The lowest BCUT2D eigenvalue weighted by Gasteiger charge is -2.17. The summed E-state index contributed by atoms with van der Waals surface area (Å²) in [5.41, 5.74) is 5.76. The number of rotatable bonds is 8. The molecule has 9 heteroatoms. The van der Waals surface area contributed by atoms with Crippen molar-refractivity contribution in [1.82, 2.24) is 10.3 Å². The summed E-state index contributed by atoms with van der Waals surface area (Å²) in [7, 11) is 0. The molecule has 0 aliphatic rings. The van der Waals surface area contributed by atoms with Crippen molar-refractivity contribution in [3.05, 3.63) is 23.0 Å². The van der Waals surface area contributed by atoms with Crippen molar-refractivity contribution in [3.63, 3.8) is 0 Å². The molecule has 0 saturated carbocycles. The number of nitrogens with zero attached hydrogens (tertiary/aromatic N) is 1. The molecule has 3 N–H and O–H groups in total. The number of hydrogen-bond donors (Lipinski definition) is 2. The summed E-state index contributed by atoms with van der Waals surface area (Å²) < 4.78 is 9.71. The molecular weight excluding hydrogens is 338 g/mol. The van der Waals surface area contributed by atoms with Crippen molar-refractivity contribution in [2.75, 3.05) is 18.9 Å². The van der Waals surface area contributed by atoms with E-state index < -0.39 is 23.9 Å². The number of carbonyl (C=O) groups is 3. The number of amides is 1. The second kappa shape index (κ2) is 9.71. The predicted molar refractivity (Wildman–Crippen MR) is 87.4 cm³/mol. The van der Waals surface area contributed by atoms with E-state index in [0.717, 1.165) is 0 Å². The number of nitrogens with two attached hydrogens (primary N) is 1. The third-order valence-electron chi connectivity index (χ3n) is 2.90. The lowest BCUT2D eigenvalue weighted by molar-refractivity contribution is -0.146. The summed E-state index contributed by atoms with van der Waals surface area (Å²) in [6, 6.07) is 0.360. The van der Waals surface area contributed by atoms with Crippen LogP contribution >= 0.6 is 11.6 Å². The zero-order valence-electron chi connectivity index (χ0n) is 13.5. The smallest absolute Gasteiger partial charge is 0.328 e. The van der Waals surface area contributed by atoms with Gasteiger partial charge in [0.15, 0.2) is 0 Å². The van der Waals surface area contributed by atoms with Gasteiger partial charge in [-0.25, -0.2) is 9.78 Å². The molecule has 1 unspecified atom stereocenters. The van der Waals surface area contributed by atoms with Crippen molar-refractivity contribution in [1.29, 1.82) is 0 Å². The molecule has 0 radical (unpaired) electrons. The minimum Gasteiger partial charge on any atom is -0.466 e. The second-order valence-corrected chi connectivity index (χ2v) is 5.13. The van der Waals surface area contributed by atoms with Crippen LogP contribution in [0.1, 0.15) is 37.2 Å². The molecule has 0 saturated heterocycles. The lowest BCUT2D eigenvalue weighted by atomic mass is 10.1. The van der Waals surface area contributed by atoms with Gasteiger partial charge in [0.1, 0.15) is 11.7 Å². The third-order valence-corrected chi connectivity index (χ3v) is 3.18. The van der Waals surface area contributed by atoms with Crippen LogP contribution in [-0.2, 0) is 19.1 Å². The van der Waals surface area contributed by atoms with E-state index in [2.05, 4.69) is 10.3 Å². The quantitative estimate of drug-likeness (QED) is 0.673. The number of ether oxygens (including phenoxy) is 2. The summed E-state index contributed by atoms with van der Waals surface area (Å²) in [5, 5.41) is 2.52. The number of pyridine rings is 1. The van der Waals surface area contributed by atoms with E-state index in [-0.39, 0.29) is 36.8 Å². The molecule has 0 bridgehead atoms. The van der Waals surface area contributed by atoms with Gasteiger partial charge in [-0.3, -0.25) is 9.59 Å². The van der Waals surface area contributed by atoms with Gasteiger partial charge in [-0.1, -0.05) is 11.6 Å². The minimum absolute atomic E-state index is 0.0377. The molecule has 0 aliphatic carbocycles. The second-order valence-electron chi connectivity index (χ2n) is 4.72. The Kier molecular flexibility index (Phi) is 7.97. The van der Waals surface area contributed by atoms with Gasteiger partial charge in [0.25, 0.3) is 5.91 Å². The molecule has 132 valence electrons. The number of nitrogens with one attached hydrogen (secondary N) is 1. The Morgan fingerprint density at radius 1 is 1.29 bits per heavy atom. The summed E-state index contributed by atoms with van der Waals surface area (Å²) in [6.07, 6.45) is 1.27. The molecule has 0 aromatic carbocycles. The Bertz CT molecular complexity index is 609. The molecule has 8 nitrogen and oxygen atoms in total. The number of anilines is 1. The maximum absolute atomic E-state index is 12.2. The van der Waals surface area contributed by atoms with E-state index in [0.29, 0.717) is 5.69 Å². The van der Waals surface area contributed by atoms with Crippen LogP contribution in [0.15, 0.2) is 12.3 Å². The standard InChI is InChI=1S/C15H20ClN3O5/c1-3-23-12(20)6-5-11(15(22)24-4-2)19-14(21)13-10(16)7-9(17)8-18-13/h7-8,11H,3-6,17H2,1-2H3,(H,19,21). The summed E-state index contributed by atoms with van der Waals surface area (Å²) in [4.78, 5) is 39.5. The maximum atomic E-state index is 12.2. The highest BCUT2D eigenvalue weighted by Crippen LogP contribution is 2.16. The van der Waals surface area contributed by atoms with E-state index >= 15 is 0 Å². The summed E-state index contributed by atoms with van der Waals surface area (Å²) in [6.45, 7) is 3.70. The van der Waals surface area contributed by atoms with Gasteiger partial charge in [0.05, 0.1) is 30.1 Å². The number of halogens is 1. The van der Waals surface area contributed by atoms with E-state index in [9.17, 15) is 14.4 Å². The first-order valence-electron chi connectivity index (χ1n) is 7.43. The van der Waals surface area contributed by atoms with Crippen LogP contribution in [0.5, 0.6) is 0 Å². The largest absolute Gasteiger partial charge is 0.466 e. The van der Waals surface area contributed by atoms with Crippen LogP contribution in [-0.4, -0.2) is 42.1 Å². The molecule has 24 heavy (non-hydrogen) atoms. The summed E-state index contributed by atoms with van der Waals surface area (Å²) >= 11 is 5.92. The SMILES string of the molecule is CCOC(=O)CCC(NC(=O)c1ncc(N)cc1Cl)C(=O)OCC. The minimum atomic E-state index is -1.02. The van der Waals surface area contributed by atoms with Crippen molar-refractivity contribution in [2.24, 2.45) is 0 Å². The molecule has 0 fully saturated rings. The highest BCUT2D eigenvalue weighted by atomic mass is 35.5. The maximum Gasteiger partial charge on any atom is 0.328 e. The Morgan fingerprint density at radius 2 is 1.96 bits per heavy atom. The van der Waals surface area contributed by atoms with Gasteiger partial charge in [0.2, 0.25) is 0 Å². The molecular formula is C15H20ClN3O5. The molecule has 1 aromatic heterocycles. The fraction of sp³-hybridized carbons (Fsp3) is 0.467. The molecule has 1 heterocycles. The first-order valence-corrected chi connectivity index (χ1v) is 7.80. The zero-order valence-corrected chi connectivity index (χ0v) is 14.3. The molecule has 1 atom stereocenters. The Hall–Kier alpha value is -2.35. The fourth-order valence-corrected chi connectivity index (χ4v) is 2.09. The Labute approximate surface area is 144 Å². The van der Waals surface area contributed by atoms with Crippen LogP contribution in [0.3, 0.4) is 0 Å². The predicted octanol–water partition coefficient (Wildman–Crippen LogP) is 1.32. The van der Waals surface area contributed by atoms with Crippen molar-refractivity contribution < 1.29 is 23.9 Å². The Morgan fingerprint density at radius 3 is 2.54 bits per heavy atom. The van der Waals surface area contributed by atoms with E-state index in [1.807, 2.05) is 0 Å². The average molecular weight is 358 g/mol. The monoisotopic (exact) mass is 357 g/mol. The molecule has 1 aromatic rings. The number of nitrogen functional groups attached to an aromatic ring is 1. The Balaban J connectivity index is 2.81. The van der Waals surface area contributed by atoms with Gasteiger partial charge in [-0.05, 0) is 26.3 Å². The fourth-order valence-electron chi connectivity index (χ4n) is 1.83. The number of hydrogen-bond acceptors (Lipinski definition) is 7. The number of aromatic nitrogens is 1. The normalized spacial score (nSPS) is 11.5. The average Bonchev–Trinajstić information content (AvgIpc) is 2.51. The van der Waals surface area contributed by atoms with E-state index in [1.54, 1.807) is 13.8 Å². The number of carbonyl (C=O) groups excluding carboxylic acids is 3. The van der Waals surface area contributed by atoms with Gasteiger partial charge in [-0.2, -0.15) is 0 Å². The van der Waals surface area contributed by atoms with Crippen molar-refractivity contribution in [2.45, 2.75) is 32.7 Å². The van der Waals surface area contributed by atoms with Gasteiger partial charge in [-0.15, -0.1) is 0 Å². The summed E-state index contributed by atoms with van der Waals surface area (Å²) in [5.74, 6) is -1.78. The van der Waals surface area contributed by atoms with E-state index in [1.165, 1.54) is 12.3 Å². The van der Waals surface area contributed by atoms with Crippen LogP contribution in [0, 0.1) is 0 Å². The number of esters is 2. The lowest BCUT2D eigenvalue weighted by Crippen LogP contribution is -2.42. The van der Waals surface area contributed by atoms with Gasteiger partial charge >= 0.3 is 11.9 Å². The third kappa shape index (κ3) is 6.04. The van der Waals surface area contributed by atoms with Crippen LogP contribution < -0.4 is 11.1 Å². The van der Waals surface area contributed by atoms with Crippen molar-refractivity contribution >= 4 is 35.1 Å². The highest BCUT2D eigenvalue weighted by molar-refractivity contribution is 6.33. The molecule has 0 spiro atoms. The zero-order chi connectivity index (χ0) is 18.1. The molecule has 1 amide bonds. The molecule has 0 aliphatic heterocycles. The van der Waals surface area contributed by atoms with Crippen LogP contribution in [0.4, 0.5) is 5.69 Å². The van der Waals surface area contributed by atoms with Gasteiger partial charge in [0, 0.05) is 6.42 Å². The topological polar surface area (TPSA) is 121 Å². The van der Waals surface area contributed by atoms with Crippen molar-refractivity contribution in [3.8, 4) is 0 Å². The first kappa shape index (κ1) is 19.7. The first-order chi connectivity index (χ1) is 11.4. The highest BCUT2D eigenvalue weighted by Gasteiger charge is 2.25. The molecule has 1 rings (SSSR count).